The lowest BCUT2D eigenvalue weighted by atomic mass is 10.1. The lowest BCUT2D eigenvalue weighted by Gasteiger charge is -2.05. The van der Waals surface area contributed by atoms with Crippen LogP contribution in [0.2, 0.25) is 0 Å². The Hall–Kier alpha value is -1.81. The molecule has 0 atom stereocenters. The van der Waals surface area contributed by atoms with Gasteiger partial charge in [0.25, 0.3) is 0 Å². The third-order valence-electron chi connectivity index (χ3n) is 2.34. The second-order valence-electron chi connectivity index (χ2n) is 3.54. The molecule has 0 spiro atoms. The quantitative estimate of drug-likeness (QED) is 0.859. The summed E-state index contributed by atoms with van der Waals surface area (Å²) in [6, 6.07) is 7.51. The van der Waals surface area contributed by atoms with E-state index < -0.39 is 0 Å². The highest BCUT2D eigenvalue weighted by molar-refractivity contribution is 5.66. The van der Waals surface area contributed by atoms with Crippen molar-refractivity contribution in [1.29, 1.82) is 0 Å². The van der Waals surface area contributed by atoms with E-state index in [2.05, 4.69) is 5.16 Å². The van der Waals surface area contributed by atoms with Crippen LogP contribution < -0.4 is 4.74 Å². The lowest BCUT2D eigenvalue weighted by Crippen LogP contribution is -1.87. The second kappa shape index (κ2) is 4.37. The van der Waals surface area contributed by atoms with Crippen molar-refractivity contribution in [1.82, 2.24) is 5.16 Å². The Balaban J connectivity index is 2.49. The number of benzene rings is 1. The van der Waals surface area contributed by atoms with Crippen molar-refractivity contribution in [2.24, 2.45) is 0 Å². The van der Waals surface area contributed by atoms with Gasteiger partial charge in [0, 0.05) is 6.07 Å². The van der Waals surface area contributed by atoms with Crippen LogP contribution in [-0.2, 0) is 6.61 Å². The van der Waals surface area contributed by atoms with E-state index in [1.165, 1.54) is 0 Å². The topological polar surface area (TPSA) is 55.5 Å². The molecule has 0 aliphatic heterocycles. The number of ether oxygens (including phenoxy) is 1. The van der Waals surface area contributed by atoms with Gasteiger partial charge in [-0.05, 0) is 19.1 Å². The first kappa shape index (κ1) is 10.7. The molecule has 0 aliphatic carbocycles. The summed E-state index contributed by atoms with van der Waals surface area (Å²) in [7, 11) is 1.61. The maximum absolute atomic E-state index is 8.93. The van der Waals surface area contributed by atoms with E-state index in [1.807, 2.05) is 25.1 Å². The molecule has 0 saturated carbocycles. The molecule has 1 aromatic carbocycles. The molecule has 2 rings (SSSR count). The first-order valence-electron chi connectivity index (χ1n) is 4.96. The Kier molecular flexibility index (Phi) is 2.92. The van der Waals surface area contributed by atoms with Crippen molar-refractivity contribution in [2.75, 3.05) is 7.11 Å². The van der Waals surface area contributed by atoms with Gasteiger partial charge in [0.05, 0.1) is 19.3 Å². The van der Waals surface area contributed by atoms with Crippen LogP contribution in [0.4, 0.5) is 0 Å². The summed E-state index contributed by atoms with van der Waals surface area (Å²) in [6.45, 7) is 1.86. The lowest BCUT2D eigenvalue weighted by molar-refractivity contribution is 0.267. The zero-order chi connectivity index (χ0) is 11.5. The molecule has 4 heteroatoms. The van der Waals surface area contributed by atoms with Gasteiger partial charge in [-0.1, -0.05) is 16.8 Å². The van der Waals surface area contributed by atoms with Crippen LogP contribution in [0.25, 0.3) is 11.3 Å². The van der Waals surface area contributed by atoms with Crippen molar-refractivity contribution >= 4 is 0 Å². The zero-order valence-corrected chi connectivity index (χ0v) is 9.23. The first-order chi connectivity index (χ1) is 7.74. The first-order valence-corrected chi connectivity index (χ1v) is 4.96. The number of rotatable bonds is 3. The van der Waals surface area contributed by atoms with Crippen LogP contribution in [0.5, 0.6) is 5.75 Å². The van der Waals surface area contributed by atoms with Crippen LogP contribution in [0.1, 0.15) is 11.3 Å². The van der Waals surface area contributed by atoms with Gasteiger partial charge >= 0.3 is 0 Å². The number of nitrogens with zero attached hydrogens (tertiary/aromatic N) is 1. The van der Waals surface area contributed by atoms with Gasteiger partial charge in [-0.3, -0.25) is 0 Å². The van der Waals surface area contributed by atoms with E-state index in [-0.39, 0.29) is 6.61 Å². The number of aryl methyl sites for hydroxylation is 1. The highest BCUT2D eigenvalue weighted by Crippen LogP contribution is 2.31. The summed E-state index contributed by atoms with van der Waals surface area (Å²) in [6.07, 6.45) is 0. The van der Waals surface area contributed by atoms with Gasteiger partial charge in [-0.2, -0.15) is 0 Å². The number of methoxy groups -OCH3 is 1. The fraction of sp³-hybridized carbons (Fsp3) is 0.250. The maximum atomic E-state index is 8.93. The highest BCUT2D eigenvalue weighted by atomic mass is 16.5. The SMILES string of the molecule is COc1ccc(C)cc1-c1cc(CO)no1. The molecule has 84 valence electrons. The van der Waals surface area contributed by atoms with E-state index >= 15 is 0 Å². The van der Waals surface area contributed by atoms with Crippen LogP contribution in [0.15, 0.2) is 28.8 Å². The molecule has 0 radical (unpaired) electrons. The molecular weight excluding hydrogens is 206 g/mol. The summed E-state index contributed by atoms with van der Waals surface area (Å²) in [4.78, 5) is 0. The van der Waals surface area contributed by atoms with E-state index in [1.54, 1.807) is 13.2 Å². The van der Waals surface area contributed by atoms with Crippen molar-refractivity contribution < 1.29 is 14.4 Å². The minimum absolute atomic E-state index is 0.127. The zero-order valence-electron chi connectivity index (χ0n) is 9.23. The van der Waals surface area contributed by atoms with Gasteiger partial charge in [0.1, 0.15) is 11.4 Å². The van der Waals surface area contributed by atoms with E-state index in [0.29, 0.717) is 11.5 Å². The molecule has 0 fully saturated rings. The maximum Gasteiger partial charge on any atom is 0.170 e. The van der Waals surface area contributed by atoms with Crippen LogP contribution in [0, 0.1) is 6.92 Å². The average Bonchev–Trinajstić information content (AvgIpc) is 2.77. The molecule has 0 bridgehead atoms. The molecular formula is C12H13NO3. The highest BCUT2D eigenvalue weighted by Gasteiger charge is 2.11. The van der Waals surface area contributed by atoms with Gasteiger partial charge in [-0.15, -0.1) is 0 Å². The van der Waals surface area contributed by atoms with Gasteiger partial charge < -0.3 is 14.4 Å². The molecule has 1 N–H and O–H groups in total. The number of hydrogen-bond donors (Lipinski definition) is 1. The number of aliphatic hydroxyl groups is 1. The number of aromatic nitrogens is 1. The predicted octanol–water partition coefficient (Wildman–Crippen LogP) is 2.15. The molecule has 0 aliphatic rings. The molecule has 0 amide bonds. The second-order valence-corrected chi connectivity index (χ2v) is 3.54. The minimum atomic E-state index is -0.127. The number of aliphatic hydroxyl groups excluding tert-OH is 1. The fourth-order valence-electron chi connectivity index (χ4n) is 1.53. The van der Waals surface area contributed by atoms with E-state index in [9.17, 15) is 0 Å². The summed E-state index contributed by atoms with van der Waals surface area (Å²) < 4.78 is 10.4. The minimum Gasteiger partial charge on any atom is -0.496 e. The molecule has 16 heavy (non-hydrogen) atoms. The third-order valence-corrected chi connectivity index (χ3v) is 2.34. The van der Waals surface area contributed by atoms with Crippen molar-refractivity contribution in [3.05, 3.63) is 35.5 Å². The molecule has 4 nitrogen and oxygen atoms in total. The average molecular weight is 219 g/mol. The number of hydrogen-bond acceptors (Lipinski definition) is 4. The smallest absolute Gasteiger partial charge is 0.170 e. The fourth-order valence-corrected chi connectivity index (χ4v) is 1.53. The van der Waals surface area contributed by atoms with Crippen molar-refractivity contribution in [3.63, 3.8) is 0 Å². The van der Waals surface area contributed by atoms with Crippen molar-refractivity contribution in [2.45, 2.75) is 13.5 Å². The monoisotopic (exact) mass is 219 g/mol. The predicted molar refractivity (Wildman–Crippen MR) is 59.2 cm³/mol. The Labute approximate surface area is 93.5 Å². The van der Waals surface area contributed by atoms with Gasteiger partial charge in [0.2, 0.25) is 0 Å². The third kappa shape index (κ3) is 1.92. The standard InChI is InChI=1S/C12H13NO3/c1-8-3-4-11(15-2)10(5-8)12-6-9(7-14)13-16-12/h3-6,14H,7H2,1-2H3. The van der Waals surface area contributed by atoms with Crippen molar-refractivity contribution in [3.8, 4) is 17.1 Å². The Morgan fingerprint density at radius 3 is 2.81 bits per heavy atom. The van der Waals surface area contributed by atoms with Crippen LogP contribution >= 0.6 is 0 Å². The normalized spacial score (nSPS) is 10.4. The molecule has 0 saturated heterocycles. The van der Waals surface area contributed by atoms with E-state index in [0.717, 1.165) is 16.9 Å². The Bertz CT molecular complexity index is 491. The summed E-state index contributed by atoms with van der Waals surface area (Å²) in [5.74, 6) is 1.33. The van der Waals surface area contributed by atoms with Gasteiger partial charge in [0.15, 0.2) is 5.76 Å². The van der Waals surface area contributed by atoms with Crippen LogP contribution in [-0.4, -0.2) is 17.4 Å². The summed E-state index contributed by atoms with van der Waals surface area (Å²) in [5, 5.41) is 12.7. The largest absolute Gasteiger partial charge is 0.496 e. The molecule has 1 heterocycles. The summed E-state index contributed by atoms with van der Waals surface area (Å²) in [5.41, 5.74) is 2.46. The summed E-state index contributed by atoms with van der Waals surface area (Å²) >= 11 is 0. The van der Waals surface area contributed by atoms with Crippen LogP contribution in [0.3, 0.4) is 0 Å². The molecule has 0 unspecified atom stereocenters. The van der Waals surface area contributed by atoms with E-state index in [4.69, 9.17) is 14.4 Å². The molecule has 1 aromatic heterocycles. The Morgan fingerprint density at radius 2 is 2.19 bits per heavy atom. The van der Waals surface area contributed by atoms with Gasteiger partial charge in [-0.25, -0.2) is 0 Å². The Morgan fingerprint density at radius 1 is 1.38 bits per heavy atom. The molecule has 2 aromatic rings.